The minimum Gasteiger partial charge on any atom is -0.467 e. The van der Waals surface area contributed by atoms with Gasteiger partial charge in [0.15, 0.2) is 6.10 Å². The van der Waals surface area contributed by atoms with Crippen LogP contribution in [0.1, 0.15) is 40.0 Å². The largest absolute Gasteiger partial charge is 0.467 e. The second-order valence-electron chi connectivity index (χ2n) is 7.16. The number of carbonyl (C=O) groups excluding carboxylic acids is 3. The summed E-state index contributed by atoms with van der Waals surface area (Å²) in [4.78, 5) is 36.8. The molecule has 0 fully saturated rings. The molecule has 0 aliphatic carbocycles. The molecule has 0 saturated heterocycles. The molecule has 0 aliphatic rings. The maximum Gasteiger partial charge on any atom is 0.340 e. The van der Waals surface area contributed by atoms with Crippen molar-refractivity contribution in [2.75, 3.05) is 0 Å². The molecule has 1 atom stereocenters. The van der Waals surface area contributed by atoms with Gasteiger partial charge in [0.1, 0.15) is 5.76 Å². The third-order valence-corrected chi connectivity index (χ3v) is 4.87. The summed E-state index contributed by atoms with van der Waals surface area (Å²) in [6, 6.07) is 14.0. The number of imide groups is 1. The Balaban J connectivity index is 1.54. The molecular weight excluding hydrogens is 398 g/mol. The molecule has 2 N–H and O–H groups in total. The molecular formula is C23H25N3O5. The number of hydrogen-bond donors (Lipinski definition) is 2. The lowest BCUT2D eigenvalue weighted by molar-refractivity contribution is -0.127. The molecule has 3 aromatic rings. The highest BCUT2D eigenvalue weighted by Crippen LogP contribution is 2.19. The van der Waals surface area contributed by atoms with Crippen LogP contribution in [0.25, 0.3) is 0 Å². The molecule has 8 nitrogen and oxygen atoms in total. The summed E-state index contributed by atoms with van der Waals surface area (Å²) < 4.78 is 12.6. The number of esters is 1. The topological polar surface area (TPSA) is 103 Å². The van der Waals surface area contributed by atoms with Gasteiger partial charge in [-0.15, -0.1) is 0 Å². The Hall–Kier alpha value is -3.81. The Morgan fingerprint density at radius 2 is 1.84 bits per heavy atom. The molecule has 0 aliphatic heterocycles. The number of ether oxygens (including phenoxy) is 1. The van der Waals surface area contributed by atoms with E-state index >= 15 is 0 Å². The lowest BCUT2D eigenvalue weighted by Crippen LogP contribution is -2.44. The van der Waals surface area contributed by atoms with Crippen LogP contribution in [0, 0.1) is 13.8 Å². The van der Waals surface area contributed by atoms with Crippen LogP contribution in [0.2, 0.25) is 0 Å². The van der Waals surface area contributed by atoms with Crippen LogP contribution in [-0.2, 0) is 22.6 Å². The average Bonchev–Trinajstić information content (AvgIpc) is 3.36. The van der Waals surface area contributed by atoms with Gasteiger partial charge in [0.2, 0.25) is 0 Å². The smallest absolute Gasteiger partial charge is 0.340 e. The van der Waals surface area contributed by atoms with Gasteiger partial charge < -0.3 is 19.0 Å². The fourth-order valence-corrected chi connectivity index (χ4v) is 3.12. The summed E-state index contributed by atoms with van der Waals surface area (Å²) in [5, 5.41) is 4.77. The first-order chi connectivity index (χ1) is 14.8. The molecule has 0 bridgehead atoms. The molecule has 3 rings (SSSR count). The third kappa shape index (κ3) is 5.63. The van der Waals surface area contributed by atoms with Crippen LogP contribution in [0.4, 0.5) is 4.79 Å². The zero-order valence-electron chi connectivity index (χ0n) is 17.7. The SMILES string of the molecule is Cc1cc(C(=O)O[C@@H](C)C(=O)NC(=O)NCc2ccccc2)c(C)n1Cc1ccco1. The lowest BCUT2D eigenvalue weighted by atomic mass is 10.2. The Bertz CT molecular complexity index is 1050. The van der Waals surface area contributed by atoms with Crippen molar-refractivity contribution < 1.29 is 23.5 Å². The molecule has 3 amide bonds. The van der Waals surface area contributed by atoms with Crippen LogP contribution >= 0.6 is 0 Å². The van der Waals surface area contributed by atoms with Crippen LogP contribution in [-0.4, -0.2) is 28.6 Å². The number of nitrogens with one attached hydrogen (secondary N) is 2. The van der Waals surface area contributed by atoms with Crippen molar-refractivity contribution >= 4 is 17.9 Å². The Morgan fingerprint density at radius 1 is 1.10 bits per heavy atom. The second-order valence-corrected chi connectivity index (χ2v) is 7.16. The maximum atomic E-state index is 12.6. The minimum absolute atomic E-state index is 0.274. The van der Waals surface area contributed by atoms with Crippen molar-refractivity contribution in [1.29, 1.82) is 0 Å². The van der Waals surface area contributed by atoms with Crippen molar-refractivity contribution in [2.24, 2.45) is 0 Å². The predicted octanol–water partition coefficient (Wildman–Crippen LogP) is 3.32. The van der Waals surface area contributed by atoms with E-state index in [0.29, 0.717) is 17.8 Å². The molecule has 0 radical (unpaired) electrons. The molecule has 2 aromatic heterocycles. The fraction of sp³-hybridized carbons (Fsp3) is 0.261. The fourth-order valence-electron chi connectivity index (χ4n) is 3.12. The van der Waals surface area contributed by atoms with E-state index in [0.717, 1.165) is 17.0 Å². The third-order valence-electron chi connectivity index (χ3n) is 4.87. The summed E-state index contributed by atoms with van der Waals surface area (Å²) in [6.45, 7) is 5.85. The highest BCUT2D eigenvalue weighted by molar-refractivity contribution is 5.98. The van der Waals surface area contributed by atoms with Gasteiger partial charge in [0.05, 0.1) is 18.4 Å². The van der Waals surface area contributed by atoms with E-state index < -0.39 is 24.0 Å². The van der Waals surface area contributed by atoms with Gasteiger partial charge in [-0.1, -0.05) is 30.3 Å². The number of urea groups is 1. The summed E-state index contributed by atoms with van der Waals surface area (Å²) in [5.74, 6) is -0.578. The number of hydrogen-bond acceptors (Lipinski definition) is 5. The van der Waals surface area contributed by atoms with Gasteiger partial charge >= 0.3 is 12.0 Å². The number of amides is 3. The van der Waals surface area contributed by atoms with Crippen molar-refractivity contribution in [1.82, 2.24) is 15.2 Å². The highest BCUT2D eigenvalue weighted by atomic mass is 16.5. The van der Waals surface area contributed by atoms with Crippen LogP contribution in [0.15, 0.2) is 59.2 Å². The zero-order chi connectivity index (χ0) is 22.4. The van der Waals surface area contributed by atoms with Crippen molar-refractivity contribution in [2.45, 2.75) is 40.0 Å². The quantitative estimate of drug-likeness (QED) is 0.568. The standard InChI is InChI=1S/C23H25N3O5/c1-15-12-20(16(2)26(15)14-19-10-7-11-30-19)22(28)31-17(3)21(27)25-23(29)24-13-18-8-5-4-6-9-18/h4-12,17H,13-14H2,1-3H3,(H2,24,25,27,29)/t17-/m0/s1. The van der Waals surface area contributed by atoms with Gasteiger partial charge in [-0.25, -0.2) is 9.59 Å². The maximum absolute atomic E-state index is 12.6. The Morgan fingerprint density at radius 3 is 2.52 bits per heavy atom. The van der Waals surface area contributed by atoms with Crippen LogP contribution < -0.4 is 10.6 Å². The van der Waals surface area contributed by atoms with E-state index in [-0.39, 0.29) is 6.54 Å². The summed E-state index contributed by atoms with van der Waals surface area (Å²) in [6.07, 6.45) is 0.456. The molecule has 0 unspecified atom stereocenters. The second kappa shape index (κ2) is 9.80. The van der Waals surface area contributed by atoms with Crippen molar-refractivity contribution in [3.8, 4) is 0 Å². The molecule has 0 spiro atoms. The number of rotatable bonds is 7. The van der Waals surface area contributed by atoms with Gasteiger partial charge in [-0.05, 0) is 44.5 Å². The van der Waals surface area contributed by atoms with E-state index in [1.54, 1.807) is 25.3 Å². The van der Waals surface area contributed by atoms with E-state index in [9.17, 15) is 14.4 Å². The minimum atomic E-state index is -1.14. The lowest BCUT2D eigenvalue weighted by Gasteiger charge is -2.14. The summed E-state index contributed by atoms with van der Waals surface area (Å²) in [7, 11) is 0. The van der Waals surface area contributed by atoms with E-state index in [1.165, 1.54) is 6.92 Å². The number of benzene rings is 1. The van der Waals surface area contributed by atoms with E-state index in [4.69, 9.17) is 9.15 Å². The first-order valence-corrected chi connectivity index (χ1v) is 9.88. The Labute approximate surface area is 180 Å². The molecule has 2 heterocycles. The molecule has 8 heteroatoms. The average molecular weight is 423 g/mol. The van der Waals surface area contributed by atoms with Crippen molar-refractivity contribution in [3.05, 3.63) is 83.1 Å². The van der Waals surface area contributed by atoms with Gasteiger partial charge in [-0.3, -0.25) is 10.1 Å². The monoisotopic (exact) mass is 423 g/mol. The predicted molar refractivity (Wildman–Crippen MR) is 113 cm³/mol. The first kappa shape index (κ1) is 21.9. The summed E-state index contributed by atoms with van der Waals surface area (Å²) >= 11 is 0. The van der Waals surface area contributed by atoms with Crippen LogP contribution in [0.5, 0.6) is 0 Å². The first-order valence-electron chi connectivity index (χ1n) is 9.88. The van der Waals surface area contributed by atoms with Gasteiger partial charge in [-0.2, -0.15) is 0 Å². The van der Waals surface area contributed by atoms with Gasteiger partial charge in [0, 0.05) is 17.9 Å². The number of carbonyl (C=O) groups is 3. The van der Waals surface area contributed by atoms with Gasteiger partial charge in [0.25, 0.3) is 5.91 Å². The highest BCUT2D eigenvalue weighted by Gasteiger charge is 2.24. The summed E-state index contributed by atoms with van der Waals surface area (Å²) in [5.41, 5.74) is 2.82. The molecule has 1 aromatic carbocycles. The molecule has 162 valence electrons. The molecule has 0 saturated carbocycles. The number of furan rings is 1. The van der Waals surface area contributed by atoms with Crippen LogP contribution in [0.3, 0.4) is 0 Å². The van der Waals surface area contributed by atoms with E-state index in [2.05, 4.69) is 10.6 Å². The normalized spacial score (nSPS) is 11.6. The Kier molecular flexibility index (Phi) is 6.92. The zero-order valence-corrected chi connectivity index (χ0v) is 17.7. The van der Waals surface area contributed by atoms with E-state index in [1.807, 2.05) is 47.9 Å². The number of nitrogens with zero attached hydrogens (tertiary/aromatic N) is 1. The van der Waals surface area contributed by atoms with Crippen molar-refractivity contribution in [3.63, 3.8) is 0 Å². The number of aromatic nitrogens is 1. The number of aryl methyl sites for hydroxylation is 1. The molecule has 31 heavy (non-hydrogen) atoms.